The maximum atomic E-state index is 12.9. The third kappa shape index (κ3) is 5.66. The van der Waals surface area contributed by atoms with Gasteiger partial charge >= 0.3 is 0 Å². The molecular weight excluding hydrogens is 420 g/mol. The molecule has 1 fully saturated rings. The van der Waals surface area contributed by atoms with Crippen molar-refractivity contribution in [1.82, 2.24) is 30.1 Å². The van der Waals surface area contributed by atoms with Crippen LogP contribution in [0.4, 0.5) is 0 Å². The van der Waals surface area contributed by atoms with E-state index in [0.29, 0.717) is 31.6 Å². The number of ether oxygens (including phenoxy) is 1. The Morgan fingerprint density at radius 1 is 1.36 bits per heavy atom. The van der Waals surface area contributed by atoms with Crippen molar-refractivity contribution in [3.63, 3.8) is 0 Å². The second-order valence-corrected chi connectivity index (χ2v) is 8.92. The zero-order valence-electron chi connectivity index (χ0n) is 19.5. The fraction of sp³-hybridized carbons (Fsp3) is 0.583. The lowest BCUT2D eigenvalue weighted by Crippen LogP contribution is -2.34. The van der Waals surface area contributed by atoms with Crippen LogP contribution in [0.3, 0.4) is 0 Å². The van der Waals surface area contributed by atoms with Gasteiger partial charge in [0, 0.05) is 37.4 Å². The number of hydrogen-bond donors (Lipinski definition) is 2. The highest BCUT2D eigenvalue weighted by atomic mass is 16.5. The third-order valence-electron chi connectivity index (χ3n) is 6.31. The van der Waals surface area contributed by atoms with E-state index in [4.69, 9.17) is 4.74 Å². The maximum Gasteiger partial charge on any atom is 0.252 e. The van der Waals surface area contributed by atoms with E-state index in [1.54, 1.807) is 0 Å². The van der Waals surface area contributed by atoms with Gasteiger partial charge in [-0.25, -0.2) is 4.68 Å². The third-order valence-corrected chi connectivity index (χ3v) is 6.31. The Hall–Kier alpha value is -2.62. The summed E-state index contributed by atoms with van der Waals surface area (Å²) in [6.45, 7) is 6.78. The molecule has 33 heavy (non-hydrogen) atoms. The van der Waals surface area contributed by atoms with Crippen molar-refractivity contribution < 1.29 is 9.84 Å². The zero-order chi connectivity index (χ0) is 23.2. The van der Waals surface area contributed by atoms with E-state index in [9.17, 15) is 9.90 Å². The minimum absolute atomic E-state index is 0.0643. The van der Waals surface area contributed by atoms with E-state index >= 15 is 0 Å². The minimum atomic E-state index is -0.0884. The van der Waals surface area contributed by atoms with Crippen LogP contribution in [-0.4, -0.2) is 61.1 Å². The van der Waals surface area contributed by atoms with Crippen LogP contribution in [0, 0.1) is 6.92 Å². The number of nitrogens with zero attached hydrogens (tertiary/aromatic N) is 5. The van der Waals surface area contributed by atoms with Gasteiger partial charge in [-0.05, 0) is 66.6 Å². The first-order valence-corrected chi connectivity index (χ1v) is 11.9. The number of aromatic nitrogens is 5. The van der Waals surface area contributed by atoms with Crippen molar-refractivity contribution in [2.24, 2.45) is 0 Å². The number of aliphatic hydroxyl groups is 1. The number of H-pyrrole nitrogens is 1. The Kier molecular flexibility index (Phi) is 7.85. The number of fused-ring (bicyclic) bond motifs is 1. The van der Waals surface area contributed by atoms with E-state index in [1.165, 1.54) is 0 Å². The van der Waals surface area contributed by atoms with Crippen molar-refractivity contribution in [2.75, 3.05) is 19.8 Å². The molecule has 0 unspecified atom stereocenters. The van der Waals surface area contributed by atoms with Crippen LogP contribution in [-0.2, 0) is 17.8 Å². The van der Waals surface area contributed by atoms with Gasteiger partial charge in [0.1, 0.15) is 0 Å². The molecule has 0 aliphatic carbocycles. The largest absolute Gasteiger partial charge is 0.396 e. The number of aromatic amines is 1. The molecule has 4 rings (SSSR count). The van der Waals surface area contributed by atoms with E-state index in [1.807, 2.05) is 29.8 Å². The number of aryl methyl sites for hydroxylation is 1. The first-order valence-electron chi connectivity index (χ1n) is 11.9. The molecule has 0 amide bonds. The molecule has 0 radical (unpaired) electrons. The molecule has 178 valence electrons. The van der Waals surface area contributed by atoms with E-state index in [2.05, 4.69) is 38.4 Å². The van der Waals surface area contributed by atoms with Crippen LogP contribution in [0.15, 0.2) is 29.1 Å². The van der Waals surface area contributed by atoms with E-state index in [0.717, 1.165) is 54.6 Å². The number of tetrazole rings is 1. The number of pyridine rings is 1. The van der Waals surface area contributed by atoms with Crippen LogP contribution in [0.25, 0.3) is 10.9 Å². The predicted octanol–water partition coefficient (Wildman–Crippen LogP) is 2.73. The molecule has 2 atom stereocenters. The van der Waals surface area contributed by atoms with Crippen LogP contribution in [0.1, 0.15) is 62.0 Å². The molecule has 9 nitrogen and oxygen atoms in total. The van der Waals surface area contributed by atoms with Gasteiger partial charge in [-0.15, -0.1) is 5.10 Å². The van der Waals surface area contributed by atoms with Crippen LogP contribution >= 0.6 is 0 Å². The summed E-state index contributed by atoms with van der Waals surface area (Å²) in [4.78, 5) is 18.1. The van der Waals surface area contributed by atoms with Crippen molar-refractivity contribution in [2.45, 2.75) is 71.2 Å². The van der Waals surface area contributed by atoms with Crippen LogP contribution in [0.5, 0.6) is 0 Å². The highest BCUT2D eigenvalue weighted by Crippen LogP contribution is 2.27. The van der Waals surface area contributed by atoms with Crippen molar-refractivity contribution in [3.05, 3.63) is 51.6 Å². The quantitative estimate of drug-likeness (QED) is 0.458. The summed E-state index contributed by atoms with van der Waals surface area (Å²) in [5, 5.41) is 23.2. The molecule has 3 heterocycles. The highest BCUT2D eigenvalue weighted by molar-refractivity contribution is 5.79. The average Bonchev–Trinajstić information content (AvgIpc) is 3.48. The number of nitrogens with one attached hydrogen (secondary N) is 1. The molecule has 1 aliphatic heterocycles. The maximum absolute atomic E-state index is 12.9. The Morgan fingerprint density at radius 3 is 3.00 bits per heavy atom. The second-order valence-electron chi connectivity index (χ2n) is 8.92. The van der Waals surface area contributed by atoms with Gasteiger partial charge in [0.15, 0.2) is 5.82 Å². The standard InChI is InChI=1S/C24H34N6O3/c1-3-6-22(23-26-27-28-30(23)16-20-7-4-12-33-20)29(10-5-11-31)15-19-14-18-13-17(2)8-9-21(18)25-24(19)32/h8-9,13-14,20,22,31H,3-7,10-12,15-16H2,1-2H3,(H,25,32)/t20-,22-/m1/s1. The predicted molar refractivity (Wildman–Crippen MR) is 126 cm³/mol. The first-order chi connectivity index (χ1) is 16.1. The highest BCUT2D eigenvalue weighted by Gasteiger charge is 2.28. The molecule has 0 bridgehead atoms. The van der Waals surface area contributed by atoms with E-state index in [-0.39, 0.29) is 24.3 Å². The Balaban J connectivity index is 1.65. The Labute approximate surface area is 193 Å². The molecule has 1 saturated heterocycles. The summed E-state index contributed by atoms with van der Waals surface area (Å²) in [6, 6.07) is 7.93. The minimum Gasteiger partial charge on any atom is -0.396 e. The average molecular weight is 455 g/mol. The fourth-order valence-corrected chi connectivity index (χ4v) is 4.64. The molecular formula is C24H34N6O3. The molecule has 2 aromatic heterocycles. The molecule has 9 heteroatoms. The van der Waals surface area contributed by atoms with Gasteiger partial charge in [0.05, 0.1) is 18.7 Å². The lowest BCUT2D eigenvalue weighted by Gasteiger charge is -2.31. The molecule has 2 N–H and O–H groups in total. The number of rotatable bonds is 11. The molecule has 3 aromatic rings. The van der Waals surface area contributed by atoms with Crippen molar-refractivity contribution >= 4 is 10.9 Å². The van der Waals surface area contributed by atoms with Crippen molar-refractivity contribution in [3.8, 4) is 0 Å². The summed E-state index contributed by atoms with van der Waals surface area (Å²) in [6.07, 6.45) is 4.61. The van der Waals surface area contributed by atoms with Gasteiger partial charge in [0.25, 0.3) is 5.56 Å². The zero-order valence-corrected chi connectivity index (χ0v) is 19.5. The topological polar surface area (TPSA) is 109 Å². The summed E-state index contributed by atoms with van der Waals surface area (Å²) in [5.41, 5.74) is 2.59. The lowest BCUT2D eigenvalue weighted by molar-refractivity contribution is 0.0885. The number of hydrogen-bond acceptors (Lipinski definition) is 7. The Bertz CT molecular complexity index is 1110. The number of aliphatic hydroxyl groups excluding tert-OH is 1. The fourth-order valence-electron chi connectivity index (χ4n) is 4.64. The molecule has 0 saturated carbocycles. The number of benzene rings is 1. The smallest absolute Gasteiger partial charge is 0.252 e. The van der Waals surface area contributed by atoms with Crippen LogP contribution in [0.2, 0.25) is 0 Å². The van der Waals surface area contributed by atoms with Crippen LogP contribution < -0.4 is 5.56 Å². The first kappa shape index (κ1) is 23.5. The van der Waals surface area contributed by atoms with Gasteiger partial charge < -0.3 is 14.8 Å². The second kappa shape index (κ2) is 11.0. The molecule has 1 aromatic carbocycles. The van der Waals surface area contributed by atoms with Gasteiger partial charge in [-0.3, -0.25) is 9.69 Å². The van der Waals surface area contributed by atoms with Gasteiger partial charge in [-0.1, -0.05) is 25.0 Å². The summed E-state index contributed by atoms with van der Waals surface area (Å²) >= 11 is 0. The van der Waals surface area contributed by atoms with E-state index < -0.39 is 0 Å². The summed E-state index contributed by atoms with van der Waals surface area (Å²) in [5.74, 6) is 0.790. The van der Waals surface area contributed by atoms with Gasteiger partial charge in [0.2, 0.25) is 0 Å². The SMILES string of the molecule is CCC[C@H](c1nnnn1C[C@H]1CCCO1)N(CCCO)Cc1cc2cc(C)ccc2[nH]c1=O. The molecule has 0 spiro atoms. The summed E-state index contributed by atoms with van der Waals surface area (Å²) < 4.78 is 7.66. The van der Waals surface area contributed by atoms with Crippen molar-refractivity contribution in [1.29, 1.82) is 0 Å². The lowest BCUT2D eigenvalue weighted by atomic mass is 10.1. The van der Waals surface area contributed by atoms with Gasteiger partial charge in [-0.2, -0.15) is 0 Å². The summed E-state index contributed by atoms with van der Waals surface area (Å²) in [7, 11) is 0. The normalized spacial score (nSPS) is 17.3. The Morgan fingerprint density at radius 2 is 2.24 bits per heavy atom. The molecule has 1 aliphatic rings. The monoisotopic (exact) mass is 454 g/mol.